The summed E-state index contributed by atoms with van der Waals surface area (Å²) in [5, 5.41) is 1.81. The van der Waals surface area contributed by atoms with Crippen LogP contribution < -0.4 is 10.9 Å². The van der Waals surface area contributed by atoms with Crippen LogP contribution in [0.4, 0.5) is 0 Å². The Morgan fingerprint density at radius 1 is 0.765 bits per heavy atom. The van der Waals surface area contributed by atoms with Gasteiger partial charge in [-0.25, -0.2) is 9.97 Å². The van der Waals surface area contributed by atoms with E-state index in [-0.39, 0.29) is 17.2 Å². The number of carbonyl (C=O) groups excluding carboxylic acids is 2. The topological polar surface area (TPSA) is 84.0 Å². The van der Waals surface area contributed by atoms with Crippen molar-refractivity contribution in [2.75, 3.05) is 0 Å². The van der Waals surface area contributed by atoms with E-state index < -0.39 is 10.8 Å². The molecule has 0 spiro atoms. The molecule has 34 heavy (non-hydrogen) atoms. The molecule has 2 aliphatic rings. The Morgan fingerprint density at radius 2 is 1.41 bits per heavy atom. The minimum absolute atomic E-state index is 0.238. The maximum Gasteiger partial charge on any atom is 0.270 e. The van der Waals surface area contributed by atoms with Crippen molar-refractivity contribution in [2.45, 2.75) is 44.4 Å². The number of aromatic nitrogens is 2. The normalized spacial score (nSPS) is 24.2. The molecule has 1 aromatic heterocycles. The summed E-state index contributed by atoms with van der Waals surface area (Å²) in [4.78, 5) is 36.9. The third-order valence-electron chi connectivity index (χ3n) is 8.66. The number of fused-ring (bicyclic) bond motifs is 7. The quantitative estimate of drug-likeness (QED) is 0.438. The van der Waals surface area contributed by atoms with Gasteiger partial charge in [-0.15, -0.1) is 0 Å². The minimum atomic E-state index is -0.875. The summed E-state index contributed by atoms with van der Waals surface area (Å²) in [6, 6.07) is 21.1. The third kappa shape index (κ3) is 2.45. The van der Waals surface area contributed by atoms with Gasteiger partial charge in [-0.3, -0.25) is 20.4 Å². The second-order valence-electron chi connectivity index (χ2n) is 10.2. The second-order valence-corrected chi connectivity index (χ2v) is 10.2. The maximum atomic E-state index is 13.9. The van der Waals surface area contributed by atoms with E-state index in [1.54, 1.807) is 6.07 Å². The molecular formula is C28H26N4O2. The highest BCUT2D eigenvalue weighted by Gasteiger charge is 2.73. The molecule has 2 N–H and O–H groups in total. The van der Waals surface area contributed by atoms with Gasteiger partial charge in [0.2, 0.25) is 0 Å². The van der Waals surface area contributed by atoms with Crippen LogP contribution in [0.15, 0.2) is 66.7 Å². The fourth-order valence-electron chi connectivity index (χ4n) is 6.26. The molecule has 0 radical (unpaired) electrons. The van der Waals surface area contributed by atoms with E-state index in [2.05, 4.69) is 31.6 Å². The molecule has 0 saturated heterocycles. The molecule has 1 fully saturated rings. The van der Waals surface area contributed by atoms with Crippen molar-refractivity contribution in [1.82, 2.24) is 20.8 Å². The first-order valence-corrected chi connectivity index (χ1v) is 11.7. The zero-order valence-corrected chi connectivity index (χ0v) is 19.5. The van der Waals surface area contributed by atoms with E-state index in [1.165, 1.54) is 0 Å². The Kier molecular flexibility index (Phi) is 4.19. The number of nitrogens with one attached hydrogen (secondary N) is 2. The van der Waals surface area contributed by atoms with Gasteiger partial charge in [-0.2, -0.15) is 0 Å². The monoisotopic (exact) mass is 450 g/mol. The number of hydrogen-bond donors (Lipinski definition) is 2. The van der Waals surface area contributed by atoms with Crippen LogP contribution in [-0.4, -0.2) is 21.8 Å². The highest BCUT2D eigenvalue weighted by molar-refractivity contribution is 6.07. The predicted octanol–water partition coefficient (Wildman–Crippen LogP) is 4.57. The van der Waals surface area contributed by atoms with E-state index >= 15 is 0 Å². The number of para-hydroxylation sites is 2. The van der Waals surface area contributed by atoms with E-state index in [9.17, 15) is 9.59 Å². The van der Waals surface area contributed by atoms with Crippen LogP contribution in [0.1, 0.15) is 55.4 Å². The Balaban J connectivity index is 1.37. The van der Waals surface area contributed by atoms with Gasteiger partial charge in [0.1, 0.15) is 5.41 Å². The molecule has 3 aromatic carbocycles. The van der Waals surface area contributed by atoms with E-state index in [4.69, 9.17) is 9.97 Å². The number of hydrazine groups is 1. The number of rotatable bonds is 2. The van der Waals surface area contributed by atoms with E-state index in [0.717, 1.165) is 39.6 Å². The summed E-state index contributed by atoms with van der Waals surface area (Å²) in [5.41, 5.74) is 7.63. The van der Waals surface area contributed by atoms with Crippen molar-refractivity contribution in [1.29, 1.82) is 0 Å². The lowest BCUT2D eigenvalue weighted by atomic mass is 9.63. The van der Waals surface area contributed by atoms with Gasteiger partial charge >= 0.3 is 0 Å². The van der Waals surface area contributed by atoms with Gasteiger partial charge in [0.15, 0.2) is 0 Å². The Bertz CT molecular complexity index is 1510. The van der Waals surface area contributed by atoms with Crippen molar-refractivity contribution in [3.63, 3.8) is 0 Å². The Morgan fingerprint density at radius 3 is 2.18 bits per heavy atom. The summed E-state index contributed by atoms with van der Waals surface area (Å²) in [6.45, 7) is 6.44. The zero-order valence-electron chi connectivity index (χ0n) is 19.5. The summed E-state index contributed by atoms with van der Waals surface area (Å²) in [5.74, 6) is -0.582. The van der Waals surface area contributed by atoms with Crippen molar-refractivity contribution in [3.05, 3.63) is 83.7 Å². The average Bonchev–Trinajstić information content (AvgIpc) is 3.15. The molecule has 6 rings (SSSR count). The second kappa shape index (κ2) is 6.86. The fourth-order valence-corrected chi connectivity index (χ4v) is 6.26. The third-order valence-corrected chi connectivity index (χ3v) is 8.66. The molecule has 2 atom stereocenters. The predicted molar refractivity (Wildman–Crippen MR) is 131 cm³/mol. The van der Waals surface area contributed by atoms with Crippen LogP contribution in [0, 0.1) is 5.41 Å². The highest BCUT2D eigenvalue weighted by atomic mass is 16.2. The molecule has 2 unspecified atom stereocenters. The van der Waals surface area contributed by atoms with E-state index in [1.807, 2.05) is 60.7 Å². The minimum Gasteiger partial charge on any atom is -0.272 e. The van der Waals surface area contributed by atoms with Gasteiger partial charge < -0.3 is 0 Å². The highest BCUT2D eigenvalue weighted by Crippen LogP contribution is 2.70. The van der Waals surface area contributed by atoms with Crippen LogP contribution in [0.2, 0.25) is 0 Å². The number of amides is 2. The Hall–Kier alpha value is -3.80. The molecule has 2 bridgehead atoms. The molecule has 170 valence electrons. The van der Waals surface area contributed by atoms with Crippen molar-refractivity contribution < 1.29 is 9.59 Å². The van der Waals surface area contributed by atoms with Crippen molar-refractivity contribution >= 4 is 33.6 Å². The molecule has 1 saturated carbocycles. The lowest BCUT2D eigenvalue weighted by Gasteiger charge is -2.39. The first kappa shape index (κ1) is 20.8. The van der Waals surface area contributed by atoms with Gasteiger partial charge in [-0.05, 0) is 47.2 Å². The van der Waals surface area contributed by atoms with E-state index in [0.29, 0.717) is 12.0 Å². The Labute approximate surface area is 197 Å². The van der Waals surface area contributed by atoms with Crippen LogP contribution in [0.5, 0.6) is 0 Å². The van der Waals surface area contributed by atoms with Crippen LogP contribution in [0.25, 0.3) is 21.8 Å². The number of carbonyl (C=O) groups is 2. The average molecular weight is 451 g/mol. The molecule has 0 aliphatic heterocycles. The molecule has 1 heterocycles. The molecule has 4 aromatic rings. The SMILES string of the molecule is CC12CCC(C(=O)NNC(=O)c3cccc4ccccc34)(c3nc4ccccc4nc31)C2(C)C. The summed E-state index contributed by atoms with van der Waals surface area (Å²) in [7, 11) is 0. The molecular weight excluding hydrogens is 424 g/mol. The molecule has 6 nitrogen and oxygen atoms in total. The smallest absolute Gasteiger partial charge is 0.270 e. The lowest BCUT2D eigenvalue weighted by molar-refractivity contribution is -0.131. The molecule has 6 heteroatoms. The largest absolute Gasteiger partial charge is 0.272 e. The zero-order chi connectivity index (χ0) is 23.7. The van der Waals surface area contributed by atoms with Crippen LogP contribution in [-0.2, 0) is 15.6 Å². The van der Waals surface area contributed by atoms with Crippen LogP contribution in [0.3, 0.4) is 0 Å². The summed E-state index contributed by atoms with van der Waals surface area (Å²) in [6.07, 6.45) is 1.50. The standard InChI is InChI=1S/C28H26N4O2/c1-26(2)27(3)15-16-28(26,23-22(27)29-20-13-6-7-14-21(20)30-23)25(34)32-31-24(33)19-12-8-10-17-9-4-5-11-18(17)19/h4-14H,15-16H2,1-3H3,(H,31,33)(H,32,34). The maximum absolute atomic E-state index is 13.9. The molecule has 2 aliphatic carbocycles. The first-order valence-electron chi connectivity index (χ1n) is 11.7. The van der Waals surface area contributed by atoms with Crippen molar-refractivity contribution in [3.8, 4) is 0 Å². The lowest BCUT2D eigenvalue weighted by Crippen LogP contribution is -2.55. The first-order chi connectivity index (χ1) is 16.3. The van der Waals surface area contributed by atoms with Gasteiger partial charge in [-0.1, -0.05) is 69.3 Å². The van der Waals surface area contributed by atoms with Gasteiger partial charge in [0, 0.05) is 11.0 Å². The number of hydrogen-bond acceptors (Lipinski definition) is 4. The number of nitrogens with zero attached hydrogens (tertiary/aromatic N) is 2. The van der Waals surface area contributed by atoms with Gasteiger partial charge in [0.05, 0.1) is 22.4 Å². The van der Waals surface area contributed by atoms with Crippen molar-refractivity contribution in [2.24, 2.45) is 5.41 Å². The summed E-state index contributed by atoms with van der Waals surface area (Å²) < 4.78 is 0. The number of benzene rings is 3. The molecule has 2 amide bonds. The fraction of sp³-hybridized carbons (Fsp3) is 0.286. The summed E-state index contributed by atoms with van der Waals surface area (Å²) >= 11 is 0. The van der Waals surface area contributed by atoms with Gasteiger partial charge in [0.25, 0.3) is 11.8 Å². The van der Waals surface area contributed by atoms with Crippen LogP contribution >= 0.6 is 0 Å².